The fraction of sp³-hybridized carbons (Fsp3) is 0.471. The van der Waals surface area contributed by atoms with Crippen molar-refractivity contribution in [1.29, 1.82) is 0 Å². The summed E-state index contributed by atoms with van der Waals surface area (Å²) < 4.78 is 0. The summed E-state index contributed by atoms with van der Waals surface area (Å²) in [5, 5.41) is 0. The molecule has 1 fully saturated rings. The summed E-state index contributed by atoms with van der Waals surface area (Å²) in [6.45, 7) is 5.50. The van der Waals surface area contributed by atoms with Crippen molar-refractivity contribution in [2.75, 3.05) is 6.54 Å². The Kier molecular flexibility index (Phi) is 3.41. The van der Waals surface area contributed by atoms with Gasteiger partial charge in [-0.2, -0.15) is 0 Å². The summed E-state index contributed by atoms with van der Waals surface area (Å²) in [7, 11) is 0. The van der Waals surface area contributed by atoms with Crippen LogP contribution in [0.4, 0.5) is 0 Å². The molecule has 0 aromatic heterocycles. The van der Waals surface area contributed by atoms with Crippen LogP contribution in [0, 0.1) is 5.92 Å². The van der Waals surface area contributed by atoms with Gasteiger partial charge in [0.15, 0.2) is 0 Å². The Bertz CT molecular complexity index is 500. The van der Waals surface area contributed by atoms with E-state index in [4.69, 9.17) is 0 Å². The number of carbonyl (C=O) groups excluding carboxylic acids is 1. The molecule has 2 aliphatic rings. The molecule has 0 bridgehead atoms. The zero-order chi connectivity index (χ0) is 13.2. The molecule has 0 unspecified atom stereocenters. The number of fused-ring (bicyclic) bond motifs is 1. The SMILES string of the molecule is C=Cc1ccc2c(c1)C(=O)N(CC1CCCCC1)C2. The first-order valence-electron chi connectivity index (χ1n) is 7.32. The molecule has 1 aromatic carbocycles. The standard InChI is InChI=1S/C17H21NO/c1-2-13-8-9-15-12-18(17(19)16(15)10-13)11-14-6-4-3-5-7-14/h2,8-10,14H,1,3-7,11-12H2. The number of amides is 1. The Morgan fingerprint density at radius 1 is 1.26 bits per heavy atom. The first-order valence-corrected chi connectivity index (χ1v) is 7.32. The lowest BCUT2D eigenvalue weighted by Gasteiger charge is -2.26. The summed E-state index contributed by atoms with van der Waals surface area (Å²) >= 11 is 0. The van der Waals surface area contributed by atoms with Gasteiger partial charge in [0.05, 0.1) is 0 Å². The highest BCUT2D eigenvalue weighted by molar-refractivity contribution is 5.98. The van der Waals surface area contributed by atoms with E-state index >= 15 is 0 Å². The van der Waals surface area contributed by atoms with Crippen molar-refractivity contribution in [3.8, 4) is 0 Å². The number of hydrogen-bond donors (Lipinski definition) is 0. The molecule has 2 nitrogen and oxygen atoms in total. The molecule has 1 aromatic rings. The largest absolute Gasteiger partial charge is 0.334 e. The van der Waals surface area contributed by atoms with Crippen molar-refractivity contribution < 1.29 is 4.79 Å². The van der Waals surface area contributed by atoms with E-state index < -0.39 is 0 Å². The molecular weight excluding hydrogens is 234 g/mol. The van der Waals surface area contributed by atoms with Gasteiger partial charge < -0.3 is 4.90 Å². The molecule has 0 spiro atoms. The van der Waals surface area contributed by atoms with Crippen LogP contribution in [0.25, 0.3) is 6.08 Å². The third-order valence-corrected chi connectivity index (χ3v) is 4.45. The number of nitrogens with zero attached hydrogens (tertiary/aromatic N) is 1. The van der Waals surface area contributed by atoms with Gasteiger partial charge >= 0.3 is 0 Å². The van der Waals surface area contributed by atoms with Crippen LogP contribution in [0.3, 0.4) is 0 Å². The van der Waals surface area contributed by atoms with Gasteiger partial charge in [-0.15, -0.1) is 0 Å². The smallest absolute Gasteiger partial charge is 0.254 e. The average molecular weight is 255 g/mol. The van der Waals surface area contributed by atoms with Crippen LogP contribution in [-0.2, 0) is 6.54 Å². The van der Waals surface area contributed by atoms with E-state index in [0.717, 1.165) is 24.2 Å². The maximum atomic E-state index is 12.4. The maximum absolute atomic E-state index is 12.4. The van der Waals surface area contributed by atoms with Crippen molar-refractivity contribution in [1.82, 2.24) is 4.90 Å². The van der Waals surface area contributed by atoms with Gasteiger partial charge in [-0.25, -0.2) is 0 Å². The van der Waals surface area contributed by atoms with Crippen LogP contribution in [0.15, 0.2) is 24.8 Å². The summed E-state index contributed by atoms with van der Waals surface area (Å²) in [6.07, 6.45) is 8.42. The second-order valence-corrected chi connectivity index (χ2v) is 5.81. The van der Waals surface area contributed by atoms with E-state index in [1.54, 1.807) is 6.08 Å². The lowest BCUT2D eigenvalue weighted by atomic mass is 9.89. The minimum atomic E-state index is 0.212. The molecule has 2 heteroatoms. The minimum Gasteiger partial charge on any atom is -0.334 e. The molecule has 0 N–H and O–H groups in total. The predicted octanol–water partition coefficient (Wildman–Crippen LogP) is 3.87. The van der Waals surface area contributed by atoms with E-state index in [2.05, 4.69) is 12.6 Å². The van der Waals surface area contributed by atoms with E-state index in [1.807, 2.05) is 17.0 Å². The Hall–Kier alpha value is -1.57. The molecular formula is C17H21NO. The highest BCUT2D eigenvalue weighted by atomic mass is 16.2. The van der Waals surface area contributed by atoms with Gasteiger partial charge in [-0.3, -0.25) is 4.79 Å². The topological polar surface area (TPSA) is 20.3 Å². The van der Waals surface area contributed by atoms with Gasteiger partial charge in [-0.1, -0.05) is 44.1 Å². The average Bonchev–Trinajstić information content (AvgIpc) is 2.76. The number of carbonyl (C=O) groups is 1. The fourth-order valence-corrected chi connectivity index (χ4v) is 3.33. The third-order valence-electron chi connectivity index (χ3n) is 4.45. The number of benzene rings is 1. The molecule has 1 aliphatic heterocycles. The molecule has 0 radical (unpaired) electrons. The number of hydrogen-bond acceptors (Lipinski definition) is 1. The van der Waals surface area contributed by atoms with Crippen LogP contribution in [0.5, 0.6) is 0 Å². The van der Waals surface area contributed by atoms with E-state index in [9.17, 15) is 4.79 Å². The predicted molar refractivity (Wildman–Crippen MR) is 77.8 cm³/mol. The fourth-order valence-electron chi connectivity index (χ4n) is 3.33. The van der Waals surface area contributed by atoms with Crippen LogP contribution in [-0.4, -0.2) is 17.4 Å². The van der Waals surface area contributed by atoms with E-state index in [-0.39, 0.29) is 5.91 Å². The lowest BCUT2D eigenvalue weighted by Crippen LogP contribution is -2.30. The van der Waals surface area contributed by atoms with Crippen molar-refractivity contribution in [2.45, 2.75) is 38.6 Å². The highest BCUT2D eigenvalue weighted by Gasteiger charge is 2.29. The van der Waals surface area contributed by atoms with Crippen molar-refractivity contribution in [2.24, 2.45) is 5.92 Å². The molecule has 1 heterocycles. The Labute approximate surface area is 115 Å². The zero-order valence-corrected chi connectivity index (χ0v) is 11.4. The molecule has 100 valence electrons. The normalized spacial score (nSPS) is 19.6. The van der Waals surface area contributed by atoms with Crippen molar-refractivity contribution in [3.63, 3.8) is 0 Å². The summed E-state index contributed by atoms with van der Waals surface area (Å²) in [5.74, 6) is 0.926. The summed E-state index contributed by atoms with van der Waals surface area (Å²) in [6, 6.07) is 6.10. The van der Waals surface area contributed by atoms with Crippen LogP contribution < -0.4 is 0 Å². The monoisotopic (exact) mass is 255 g/mol. The Morgan fingerprint density at radius 2 is 2.05 bits per heavy atom. The van der Waals surface area contributed by atoms with Gasteiger partial charge in [0.2, 0.25) is 0 Å². The van der Waals surface area contributed by atoms with Gasteiger partial charge in [0.25, 0.3) is 5.91 Å². The molecule has 3 rings (SSSR count). The van der Waals surface area contributed by atoms with E-state index in [0.29, 0.717) is 5.92 Å². The zero-order valence-electron chi connectivity index (χ0n) is 11.4. The molecule has 0 saturated heterocycles. The molecule has 1 aliphatic carbocycles. The Morgan fingerprint density at radius 3 is 2.79 bits per heavy atom. The summed E-state index contributed by atoms with van der Waals surface area (Å²) in [4.78, 5) is 14.5. The maximum Gasteiger partial charge on any atom is 0.254 e. The van der Waals surface area contributed by atoms with Gasteiger partial charge in [0, 0.05) is 18.7 Å². The third kappa shape index (κ3) is 2.44. The van der Waals surface area contributed by atoms with Crippen LogP contribution in [0.1, 0.15) is 53.6 Å². The lowest BCUT2D eigenvalue weighted by molar-refractivity contribution is 0.0738. The van der Waals surface area contributed by atoms with E-state index in [1.165, 1.54) is 37.7 Å². The molecule has 19 heavy (non-hydrogen) atoms. The molecule has 1 amide bonds. The number of rotatable bonds is 3. The first-order chi connectivity index (χ1) is 9.28. The van der Waals surface area contributed by atoms with Crippen LogP contribution in [0.2, 0.25) is 0 Å². The quantitative estimate of drug-likeness (QED) is 0.803. The molecule has 1 saturated carbocycles. The second kappa shape index (κ2) is 5.20. The highest BCUT2D eigenvalue weighted by Crippen LogP contribution is 2.29. The molecule has 0 atom stereocenters. The Balaban J connectivity index is 1.73. The van der Waals surface area contributed by atoms with Crippen molar-refractivity contribution in [3.05, 3.63) is 41.5 Å². The second-order valence-electron chi connectivity index (χ2n) is 5.81. The minimum absolute atomic E-state index is 0.212. The van der Waals surface area contributed by atoms with Gasteiger partial charge in [-0.05, 0) is 36.0 Å². The summed E-state index contributed by atoms with van der Waals surface area (Å²) in [5.41, 5.74) is 3.09. The van der Waals surface area contributed by atoms with Crippen molar-refractivity contribution >= 4 is 12.0 Å². The first kappa shape index (κ1) is 12.5. The van der Waals surface area contributed by atoms with Crippen LogP contribution >= 0.6 is 0 Å². The van der Waals surface area contributed by atoms with Gasteiger partial charge in [0.1, 0.15) is 0 Å².